The van der Waals surface area contributed by atoms with Gasteiger partial charge < -0.3 is 14.5 Å². The van der Waals surface area contributed by atoms with Crippen molar-refractivity contribution in [2.75, 3.05) is 24.5 Å². The molecule has 1 aromatic carbocycles. The lowest BCUT2D eigenvalue weighted by Gasteiger charge is -2.40. The van der Waals surface area contributed by atoms with Crippen molar-refractivity contribution in [1.82, 2.24) is 19.4 Å². The molecule has 1 saturated heterocycles. The van der Waals surface area contributed by atoms with Crippen molar-refractivity contribution in [1.29, 1.82) is 0 Å². The van der Waals surface area contributed by atoms with E-state index < -0.39 is 23.1 Å². The van der Waals surface area contributed by atoms with E-state index in [-0.39, 0.29) is 17.8 Å². The van der Waals surface area contributed by atoms with E-state index in [2.05, 4.69) is 32.6 Å². The largest absolute Gasteiger partial charge is 0.444 e. The van der Waals surface area contributed by atoms with E-state index in [1.165, 1.54) is 10.9 Å². The topological polar surface area (TPSA) is 63.5 Å². The number of aromatic nitrogens is 3. The molecule has 2 aromatic heterocycles. The first-order valence-electron chi connectivity index (χ1n) is 10.4. The van der Waals surface area contributed by atoms with Crippen LogP contribution in [0.2, 0.25) is 0 Å². The van der Waals surface area contributed by atoms with Crippen molar-refractivity contribution in [2.24, 2.45) is 0 Å². The Morgan fingerprint density at radius 3 is 2.42 bits per heavy atom. The van der Waals surface area contributed by atoms with E-state index in [4.69, 9.17) is 4.74 Å². The van der Waals surface area contributed by atoms with Gasteiger partial charge in [0.1, 0.15) is 17.7 Å². The maximum atomic E-state index is 13.8. The molecule has 0 radical (unpaired) electrons. The van der Waals surface area contributed by atoms with Gasteiger partial charge in [0.15, 0.2) is 23.1 Å². The fourth-order valence-corrected chi connectivity index (χ4v) is 4.62. The zero-order chi connectivity index (χ0) is 24.1. The molecule has 33 heavy (non-hydrogen) atoms. The summed E-state index contributed by atoms with van der Waals surface area (Å²) in [7, 11) is 0. The standard InChI is InChI=1S/C22H23F3IN5O2/c1-12-9-29(5-6-30(12)21(32)33-22(2,3)4)19-17-16(26)10-31(20(17)28-11-27-19)13-7-14(23)18(25)15(24)8-13/h7-8,10-12H,5-6,9H2,1-4H3. The second-order valence-electron chi connectivity index (χ2n) is 8.94. The number of hydrogen-bond donors (Lipinski definition) is 0. The molecule has 4 rings (SSSR count). The number of hydrogen-bond acceptors (Lipinski definition) is 5. The summed E-state index contributed by atoms with van der Waals surface area (Å²) in [5.74, 6) is -3.41. The number of rotatable bonds is 2. The first-order valence-corrected chi connectivity index (χ1v) is 11.4. The van der Waals surface area contributed by atoms with Crippen LogP contribution in [0.15, 0.2) is 24.7 Å². The fraction of sp³-hybridized carbons (Fsp3) is 0.409. The van der Waals surface area contributed by atoms with Crippen molar-refractivity contribution in [2.45, 2.75) is 39.3 Å². The van der Waals surface area contributed by atoms with Gasteiger partial charge >= 0.3 is 6.09 Å². The average molecular weight is 573 g/mol. The molecule has 1 aliphatic heterocycles. The number of halogens is 4. The van der Waals surface area contributed by atoms with E-state index in [1.54, 1.807) is 11.1 Å². The van der Waals surface area contributed by atoms with Crippen LogP contribution in [0, 0.1) is 21.0 Å². The molecule has 3 aromatic rings. The van der Waals surface area contributed by atoms with Crippen molar-refractivity contribution >= 4 is 45.5 Å². The Kier molecular flexibility index (Phi) is 6.18. The molecule has 0 spiro atoms. The third-order valence-electron chi connectivity index (χ3n) is 5.32. The average Bonchev–Trinajstić information content (AvgIpc) is 3.07. The predicted molar refractivity (Wildman–Crippen MR) is 126 cm³/mol. The van der Waals surface area contributed by atoms with Gasteiger partial charge in [0.2, 0.25) is 0 Å². The molecule has 3 heterocycles. The van der Waals surface area contributed by atoms with Crippen LogP contribution in [0.4, 0.5) is 23.8 Å². The molecular weight excluding hydrogens is 550 g/mol. The summed E-state index contributed by atoms with van der Waals surface area (Å²) in [4.78, 5) is 25.1. The van der Waals surface area contributed by atoms with Crippen LogP contribution >= 0.6 is 22.6 Å². The molecule has 1 aliphatic rings. The fourth-order valence-electron chi connectivity index (χ4n) is 3.86. The number of ether oxygens (including phenoxy) is 1. The lowest BCUT2D eigenvalue weighted by molar-refractivity contribution is 0.0159. The van der Waals surface area contributed by atoms with Gasteiger partial charge in [0.05, 0.1) is 11.1 Å². The molecule has 0 saturated carbocycles. The van der Waals surface area contributed by atoms with Gasteiger partial charge in [-0.15, -0.1) is 0 Å². The van der Waals surface area contributed by atoms with Crippen molar-refractivity contribution in [3.05, 3.63) is 45.7 Å². The van der Waals surface area contributed by atoms with E-state index in [0.717, 1.165) is 15.7 Å². The Morgan fingerprint density at radius 1 is 1.15 bits per heavy atom. The van der Waals surface area contributed by atoms with Gasteiger partial charge in [0, 0.05) is 47.6 Å². The molecule has 0 aliphatic carbocycles. The minimum Gasteiger partial charge on any atom is -0.444 e. The molecule has 7 nitrogen and oxygen atoms in total. The molecular formula is C22H23F3IN5O2. The number of carbonyl (C=O) groups excluding carboxylic acids is 1. The van der Waals surface area contributed by atoms with E-state index >= 15 is 0 Å². The normalized spacial score (nSPS) is 17.0. The number of anilines is 1. The van der Waals surface area contributed by atoms with Gasteiger partial charge in [0.25, 0.3) is 0 Å². The Hall–Kier alpha value is -2.57. The van der Waals surface area contributed by atoms with Crippen LogP contribution in [-0.2, 0) is 4.74 Å². The summed E-state index contributed by atoms with van der Waals surface area (Å²) in [6.45, 7) is 8.92. The number of amides is 1. The lowest BCUT2D eigenvalue weighted by Crippen LogP contribution is -2.55. The molecule has 1 fully saturated rings. The number of benzene rings is 1. The van der Waals surface area contributed by atoms with Crippen molar-refractivity contribution in [3.8, 4) is 5.69 Å². The maximum Gasteiger partial charge on any atom is 0.410 e. The smallest absolute Gasteiger partial charge is 0.410 e. The first kappa shape index (κ1) is 23.6. The number of piperazine rings is 1. The highest BCUT2D eigenvalue weighted by atomic mass is 127. The van der Waals surface area contributed by atoms with Crippen molar-refractivity contribution in [3.63, 3.8) is 0 Å². The van der Waals surface area contributed by atoms with Crippen LogP contribution in [0.3, 0.4) is 0 Å². The monoisotopic (exact) mass is 573 g/mol. The summed E-state index contributed by atoms with van der Waals surface area (Å²) >= 11 is 2.11. The van der Waals surface area contributed by atoms with Gasteiger partial charge in [-0.1, -0.05) is 0 Å². The first-order chi connectivity index (χ1) is 15.5. The third-order valence-corrected chi connectivity index (χ3v) is 6.14. The minimum atomic E-state index is -1.52. The molecule has 0 bridgehead atoms. The van der Waals surface area contributed by atoms with Crippen LogP contribution in [-0.4, -0.2) is 56.8 Å². The van der Waals surface area contributed by atoms with Gasteiger partial charge in [-0.3, -0.25) is 4.57 Å². The van der Waals surface area contributed by atoms with E-state index in [1.807, 2.05) is 32.6 Å². The van der Waals surface area contributed by atoms with Crippen LogP contribution < -0.4 is 4.90 Å². The second-order valence-corrected chi connectivity index (χ2v) is 10.1. The molecule has 0 N–H and O–H groups in total. The second kappa shape index (κ2) is 8.65. The maximum absolute atomic E-state index is 13.8. The Balaban J connectivity index is 1.66. The lowest BCUT2D eigenvalue weighted by atomic mass is 10.2. The van der Waals surface area contributed by atoms with E-state index in [9.17, 15) is 18.0 Å². The highest BCUT2D eigenvalue weighted by Crippen LogP contribution is 2.33. The Bertz CT molecular complexity index is 1200. The molecule has 1 atom stereocenters. The summed E-state index contributed by atoms with van der Waals surface area (Å²) in [5.41, 5.74) is -0.0189. The Labute approximate surface area is 202 Å². The highest BCUT2D eigenvalue weighted by Gasteiger charge is 2.32. The molecule has 1 unspecified atom stereocenters. The number of fused-ring (bicyclic) bond motifs is 1. The third kappa shape index (κ3) is 4.59. The van der Waals surface area contributed by atoms with E-state index in [0.29, 0.717) is 36.5 Å². The zero-order valence-electron chi connectivity index (χ0n) is 18.6. The van der Waals surface area contributed by atoms with Crippen LogP contribution in [0.25, 0.3) is 16.7 Å². The number of nitrogens with zero attached hydrogens (tertiary/aromatic N) is 5. The number of carbonyl (C=O) groups is 1. The summed E-state index contributed by atoms with van der Waals surface area (Å²) < 4.78 is 48.9. The molecule has 176 valence electrons. The Morgan fingerprint density at radius 2 is 1.82 bits per heavy atom. The van der Waals surface area contributed by atoms with Gasteiger partial charge in [-0.25, -0.2) is 27.9 Å². The SMILES string of the molecule is CC1CN(c2ncnc3c2c(I)cn3-c2cc(F)c(F)c(F)c2)CCN1C(=O)OC(C)(C)C. The quantitative estimate of drug-likeness (QED) is 0.323. The zero-order valence-corrected chi connectivity index (χ0v) is 20.7. The van der Waals surface area contributed by atoms with Gasteiger partial charge in [-0.05, 0) is 50.3 Å². The van der Waals surface area contributed by atoms with Crippen LogP contribution in [0.5, 0.6) is 0 Å². The van der Waals surface area contributed by atoms with Crippen molar-refractivity contribution < 1.29 is 22.7 Å². The van der Waals surface area contributed by atoms with Gasteiger partial charge in [-0.2, -0.15) is 0 Å². The summed E-state index contributed by atoms with van der Waals surface area (Å²) in [5, 5.41) is 0.709. The summed E-state index contributed by atoms with van der Waals surface area (Å²) in [6.07, 6.45) is 2.70. The summed E-state index contributed by atoms with van der Waals surface area (Å²) in [6, 6.07) is 1.73. The minimum absolute atomic E-state index is 0.118. The molecule has 1 amide bonds. The highest BCUT2D eigenvalue weighted by molar-refractivity contribution is 14.1. The van der Waals surface area contributed by atoms with Crippen LogP contribution in [0.1, 0.15) is 27.7 Å². The predicted octanol–water partition coefficient (Wildman–Crippen LogP) is 4.89. The molecule has 11 heteroatoms.